The zero-order valence-corrected chi connectivity index (χ0v) is 23.2. The van der Waals surface area contributed by atoms with E-state index < -0.39 is 0 Å². The summed E-state index contributed by atoms with van der Waals surface area (Å²) in [5, 5.41) is 2.94. The minimum absolute atomic E-state index is 0.109. The predicted molar refractivity (Wildman–Crippen MR) is 157 cm³/mol. The molecule has 1 unspecified atom stereocenters. The number of aromatic nitrogens is 1. The highest BCUT2D eigenvalue weighted by molar-refractivity contribution is 6.01. The molecule has 1 atom stereocenters. The smallest absolute Gasteiger partial charge is 0.322 e. The molecule has 1 aliphatic heterocycles. The van der Waals surface area contributed by atoms with Crippen LogP contribution in [0.5, 0.6) is 11.5 Å². The summed E-state index contributed by atoms with van der Waals surface area (Å²) in [6.07, 6.45) is 2.01. The molecule has 1 aromatic heterocycles. The van der Waals surface area contributed by atoms with E-state index in [-0.39, 0.29) is 30.6 Å². The first-order valence-electron chi connectivity index (χ1n) is 13.4. The van der Waals surface area contributed by atoms with Crippen molar-refractivity contribution in [3.05, 3.63) is 102 Å². The van der Waals surface area contributed by atoms with E-state index in [4.69, 9.17) is 9.47 Å². The van der Waals surface area contributed by atoms with Crippen molar-refractivity contribution >= 4 is 23.3 Å². The Labute approximate surface area is 234 Å². The first-order valence-corrected chi connectivity index (χ1v) is 13.4. The van der Waals surface area contributed by atoms with Gasteiger partial charge in [-0.2, -0.15) is 0 Å². The van der Waals surface area contributed by atoms with Crippen LogP contribution in [-0.2, 0) is 4.79 Å². The van der Waals surface area contributed by atoms with Crippen molar-refractivity contribution in [1.82, 2.24) is 9.47 Å². The summed E-state index contributed by atoms with van der Waals surface area (Å²) < 4.78 is 13.2. The topological polar surface area (TPSA) is 76.0 Å². The predicted octanol–water partition coefficient (Wildman–Crippen LogP) is 6.26. The number of nitrogens with zero attached hydrogens (tertiary/aromatic N) is 3. The largest absolute Gasteiger partial charge is 0.497 e. The fourth-order valence-electron chi connectivity index (χ4n) is 5.11. The molecule has 0 saturated carbocycles. The molecule has 0 spiro atoms. The maximum atomic E-state index is 14.3. The van der Waals surface area contributed by atoms with Crippen molar-refractivity contribution in [3.8, 4) is 17.2 Å². The van der Waals surface area contributed by atoms with Gasteiger partial charge >= 0.3 is 6.03 Å². The number of anilines is 2. The number of urea groups is 1. The van der Waals surface area contributed by atoms with Crippen LogP contribution in [0.2, 0.25) is 0 Å². The van der Waals surface area contributed by atoms with Crippen LogP contribution in [0.4, 0.5) is 16.2 Å². The Hall–Kier alpha value is -4.72. The summed E-state index contributed by atoms with van der Waals surface area (Å²) in [5.41, 5.74) is 4.15. The van der Waals surface area contributed by atoms with Crippen LogP contribution in [0.1, 0.15) is 38.1 Å². The monoisotopic (exact) mass is 538 g/mol. The molecule has 0 fully saturated rings. The zero-order valence-electron chi connectivity index (χ0n) is 23.2. The molecule has 1 aliphatic rings. The van der Waals surface area contributed by atoms with Gasteiger partial charge in [-0.15, -0.1) is 0 Å². The fourth-order valence-corrected chi connectivity index (χ4v) is 5.11. The number of para-hydroxylation sites is 4. The van der Waals surface area contributed by atoms with Gasteiger partial charge in [0.15, 0.2) is 0 Å². The van der Waals surface area contributed by atoms with Crippen LogP contribution in [0, 0.1) is 0 Å². The number of carbonyl (C=O) groups excluding carboxylic acids is 2. The van der Waals surface area contributed by atoms with Crippen molar-refractivity contribution in [2.45, 2.75) is 32.9 Å². The van der Waals surface area contributed by atoms with Crippen LogP contribution >= 0.6 is 0 Å². The standard InChI is InChI=1S/C32H34N4O4/c1-5-40-29-15-9-6-11-25(29)33-32(38)35(22(2)3)21-30(37)36-27-13-8-7-12-26(27)34-20-10-14-28(34)31(36)23-16-18-24(39-4)19-17-23/h6-20,22,31H,5,21H2,1-4H3,(H,33,38). The van der Waals surface area contributed by atoms with E-state index in [1.54, 1.807) is 18.1 Å². The number of carbonyl (C=O) groups is 2. The minimum Gasteiger partial charge on any atom is -0.497 e. The molecule has 0 radical (unpaired) electrons. The number of rotatable bonds is 8. The van der Waals surface area contributed by atoms with Gasteiger partial charge in [0.25, 0.3) is 0 Å². The maximum Gasteiger partial charge on any atom is 0.322 e. The molecule has 5 rings (SSSR count). The molecule has 3 amide bonds. The Bertz CT molecular complexity index is 1490. The van der Waals surface area contributed by atoms with Gasteiger partial charge < -0.3 is 24.3 Å². The van der Waals surface area contributed by atoms with Gasteiger partial charge in [0, 0.05) is 12.2 Å². The maximum absolute atomic E-state index is 14.3. The lowest BCUT2D eigenvalue weighted by Gasteiger charge is -2.40. The highest BCUT2D eigenvalue weighted by atomic mass is 16.5. The Balaban J connectivity index is 1.50. The quantitative estimate of drug-likeness (QED) is 0.287. The molecule has 4 aromatic rings. The molecule has 0 bridgehead atoms. The Morgan fingerprint density at radius 1 is 0.925 bits per heavy atom. The number of hydrogen-bond donors (Lipinski definition) is 1. The van der Waals surface area contributed by atoms with E-state index >= 15 is 0 Å². The number of ether oxygens (including phenoxy) is 2. The lowest BCUT2D eigenvalue weighted by atomic mass is 9.97. The first-order chi connectivity index (χ1) is 19.4. The summed E-state index contributed by atoms with van der Waals surface area (Å²) in [6, 6.07) is 25.9. The minimum atomic E-state index is -0.390. The number of benzene rings is 3. The number of nitrogens with one attached hydrogen (secondary N) is 1. The van der Waals surface area contributed by atoms with Crippen LogP contribution in [0.3, 0.4) is 0 Å². The summed E-state index contributed by atoms with van der Waals surface area (Å²) >= 11 is 0. The lowest BCUT2D eigenvalue weighted by Crippen LogP contribution is -2.49. The molecule has 40 heavy (non-hydrogen) atoms. The molecule has 1 N–H and O–H groups in total. The summed E-state index contributed by atoms with van der Waals surface area (Å²) in [7, 11) is 1.63. The van der Waals surface area contributed by atoms with E-state index in [2.05, 4.69) is 9.88 Å². The molecule has 206 valence electrons. The van der Waals surface area contributed by atoms with Crippen molar-refractivity contribution in [3.63, 3.8) is 0 Å². The Morgan fingerprint density at radius 3 is 2.33 bits per heavy atom. The van der Waals surface area contributed by atoms with Crippen molar-refractivity contribution < 1.29 is 19.1 Å². The number of fused-ring (bicyclic) bond motifs is 3. The summed E-state index contributed by atoms with van der Waals surface area (Å²) in [5.74, 6) is 1.13. The average Bonchev–Trinajstić information content (AvgIpc) is 3.46. The van der Waals surface area contributed by atoms with E-state index in [9.17, 15) is 9.59 Å². The van der Waals surface area contributed by atoms with Gasteiger partial charge in [-0.1, -0.05) is 36.4 Å². The normalized spacial score (nSPS) is 13.8. The zero-order chi connectivity index (χ0) is 28.2. The van der Waals surface area contributed by atoms with Gasteiger partial charge in [0.2, 0.25) is 5.91 Å². The lowest BCUT2D eigenvalue weighted by molar-refractivity contribution is -0.119. The highest BCUT2D eigenvalue weighted by Crippen LogP contribution is 2.42. The third-order valence-corrected chi connectivity index (χ3v) is 7.04. The number of amides is 3. The molecule has 8 nitrogen and oxygen atoms in total. The first kappa shape index (κ1) is 26.9. The Morgan fingerprint density at radius 2 is 1.62 bits per heavy atom. The fraction of sp³-hybridized carbons (Fsp3) is 0.250. The molecule has 0 saturated heterocycles. The molecular formula is C32H34N4O4. The third-order valence-electron chi connectivity index (χ3n) is 7.04. The molecular weight excluding hydrogens is 504 g/mol. The van der Waals surface area contributed by atoms with Crippen molar-refractivity contribution in [2.75, 3.05) is 30.5 Å². The molecule has 2 heterocycles. The van der Waals surface area contributed by atoms with E-state index in [1.165, 1.54) is 0 Å². The second-order valence-corrected chi connectivity index (χ2v) is 9.81. The van der Waals surface area contributed by atoms with Crippen LogP contribution in [-0.4, -0.2) is 47.7 Å². The van der Waals surface area contributed by atoms with E-state index in [0.29, 0.717) is 18.0 Å². The third kappa shape index (κ3) is 5.12. The average molecular weight is 539 g/mol. The summed E-state index contributed by atoms with van der Waals surface area (Å²) in [6.45, 7) is 6.06. The van der Waals surface area contributed by atoms with Gasteiger partial charge in [0.1, 0.15) is 24.1 Å². The number of hydrogen-bond acceptors (Lipinski definition) is 4. The second-order valence-electron chi connectivity index (χ2n) is 9.81. The molecule has 3 aromatic carbocycles. The second kappa shape index (κ2) is 11.6. The van der Waals surface area contributed by atoms with Crippen molar-refractivity contribution in [1.29, 1.82) is 0 Å². The molecule has 0 aliphatic carbocycles. The molecule has 8 heteroatoms. The van der Waals surface area contributed by atoms with Crippen LogP contribution in [0.15, 0.2) is 91.1 Å². The van der Waals surface area contributed by atoms with E-state index in [1.807, 2.05) is 111 Å². The van der Waals surface area contributed by atoms with Gasteiger partial charge in [-0.05, 0) is 74.9 Å². The number of methoxy groups -OCH3 is 1. The van der Waals surface area contributed by atoms with Gasteiger partial charge in [-0.3, -0.25) is 9.69 Å². The summed E-state index contributed by atoms with van der Waals surface area (Å²) in [4.78, 5) is 31.2. The van der Waals surface area contributed by atoms with Gasteiger partial charge in [-0.25, -0.2) is 4.79 Å². The van der Waals surface area contributed by atoms with Crippen LogP contribution < -0.4 is 19.7 Å². The highest BCUT2D eigenvalue weighted by Gasteiger charge is 2.37. The van der Waals surface area contributed by atoms with Crippen molar-refractivity contribution in [2.24, 2.45) is 0 Å². The Kier molecular flexibility index (Phi) is 7.77. The van der Waals surface area contributed by atoms with Gasteiger partial charge in [0.05, 0.1) is 36.5 Å². The van der Waals surface area contributed by atoms with Crippen LogP contribution in [0.25, 0.3) is 5.69 Å². The SMILES string of the molecule is CCOc1ccccc1NC(=O)N(CC(=O)N1c2ccccc2-n2cccc2C1c1ccc(OC)cc1)C(C)C. The van der Waals surface area contributed by atoms with E-state index in [0.717, 1.165) is 28.4 Å².